The van der Waals surface area contributed by atoms with Gasteiger partial charge in [0.05, 0.1) is 12.7 Å². The second-order valence-electron chi connectivity index (χ2n) is 6.15. The number of aliphatic hydroxyl groups is 1. The van der Waals surface area contributed by atoms with Crippen LogP contribution in [0.3, 0.4) is 0 Å². The van der Waals surface area contributed by atoms with E-state index >= 15 is 0 Å². The summed E-state index contributed by atoms with van der Waals surface area (Å²) in [5, 5.41) is 12.9. The van der Waals surface area contributed by atoms with Crippen molar-refractivity contribution in [1.82, 2.24) is 5.32 Å². The minimum Gasteiger partial charge on any atom is -0.394 e. The average molecular weight is 257 g/mol. The summed E-state index contributed by atoms with van der Waals surface area (Å²) in [6.07, 6.45) is 7.45. The molecule has 3 nitrogen and oxygen atoms in total. The van der Waals surface area contributed by atoms with Crippen molar-refractivity contribution in [1.29, 1.82) is 0 Å². The minimum absolute atomic E-state index is 0.179. The Balaban J connectivity index is 2.18. The SMILES string of the molecule is CCCNC(C)(CO)CCOC1CCC(C)CC1. The summed E-state index contributed by atoms with van der Waals surface area (Å²) in [5.41, 5.74) is -0.183. The normalized spacial score (nSPS) is 28.0. The Hall–Kier alpha value is -0.120. The molecular formula is C15H31NO2. The van der Waals surface area contributed by atoms with Gasteiger partial charge in [0.15, 0.2) is 0 Å². The van der Waals surface area contributed by atoms with Crippen LogP contribution in [0, 0.1) is 5.92 Å². The molecule has 1 fully saturated rings. The Bertz CT molecular complexity index is 215. The molecule has 1 saturated carbocycles. The number of rotatable bonds is 8. The Morgan fingerprint density at radius 2 is 1.94 bits per heavy atom. The maximum Gasteiger partial charge on any atom is 0.0611 e. The van der Waals surface area contributed by atoms with E-state index in [0.29, 0.717) is 6.10 Å². The van der Waals surface area contributed by atoms with E-state index in [1.165, 1.54) is 25.7 Å². The molecule has 0 saturated heterocycles. The van der Waals surface area contributed by atoms with Crippen LogP contribution in [0.2, 0.25) is 0 Å². The molecule has 108 valence electrons. The third-order valence-corrected chi connectivity index (χ3v) is 4.12. The summed E-state index contributed by atoms with van der Waals surface area (Å²) < 4.78 is 5.96. The van der Waals surface area contributed by atoms with E-state index in [2.05, 4.69) is 26.1 Å². The maximum atomic E-state index is 9.47. The Kier molecular flexibility index (Phi) is 7.20. The Morgan fingerprint density at radius 3 is 2.50 bits per heavy atom. The number of hydrogen-bond acceptors (Lipinski definition) is 3. The first-order valence-electron chi connectivity index (χ1n) is 7.57. The largest absolute Gasteiger partial charge is 0.394 e. The molecule has 0 spiro atoms. The van der Waals surface area contributed by atoms with E-state index in [4.69, 9.17) is 4.74 Å². The predicted octanol–water partition coefficient (Wildman–Crippen LogP) is 2.72. The molecule has 3 heteroatoms. The number of hydrogen-bond donors (Lipinski definition) is 2. The van der Waals surface area contributed by atoms with E-state index in [-0.39, 0.29) is 12.1 Å². The molecule has 0 aromatic rings. The smallest absolute Gasteiger partial charge is 0.0611 e. The topological polar surface area (TPSA) is 41.5 Å². The number of nitrogens with one attached hydrogen (secondary N) is 1. The van der Waals surface area contributed by atoms with E-state index < -0.39 is 0 Å². The fraction of sp³-hybridized carbons (Fsp3) is 1.00. The van der Waals surface area contributed by atoms with Gasteiger partial charge >= 0.3 is 0 Å². The van der Waals surface area contributed by atoms with Gasteiger partial charge in [-0.3, -0.25) is 0 Å². The first-order valence-corrected chi connectivity index (χ1v) is 7.57. The van der Waals surface area contributed by atoms with Crippen molar-refractivity contribution in [3.05, 3.63) is 0 Å². The van der Waals surface area contributed by atoms with E-state index in [1.807, 2.05) is 0 Å². The van der Waals surface area contributed by atoms with Gasteiger partial charge in [-0.2, -0.15) is 0 Å². The van der Waals surface area contributed by atoms with Gasteiger partial charge < -0.3 is 15.2 Å². The van der Waals surface area contributed by atoms with E-state index in [0.717, 1.165) is 31.9 Å². The molecular weight excluding hydrogens is 226 g/mol. The van der Waals surface area contributed by atoms with Gasteiger partial charge in [-0.05, 0) is 57.9 Å². The van der Waals surface area contributed by atoms with Gasteiger partial charge in [-0.1, -0.05) is 13.8 Å². The van der Waals surface area contributed by atoms with Gasteiger partial charge in [0.1, 0.15) is 0 Å². The van der Waals surface area contributed by atoms with Crippen LogP contribution in [-0.2, 0) is 4.74 Å². The summed E-state index contributed by atoms with van der Waals surface area (Å²) >= 11 is 0. The van der Waals surface area contributed by atoms with E-state index in [1.54, 1.807) is 0 Å². The molecule has 0 heterocycles. The molecule has 1 aliphatic rings. The van der Waals surface area contributed by atoms with Crippen molar-refractivity contribution >= 4 is 0 Å². The van der Waals surface area contributed by atoms with Crippen LogP contribution >= 0.6 is 0 Å². The van der Waals surface area contributed by atoms with Crippen molar-refractivity contribution in [2.45, 2.75) is 70.9 Å². The highest BCUT2D eigenvalue weighted by Gasteiger charge is 2.23. The van der Waals surface area contributed by atoms with Crippen molar-refractivity contribution < 1.29 is 9.84 Å². The lowest BCUT2D eigenvalue weighted by Gasteiger charge is -2.31. The molecule has 0 aromatic heterocycles. The summed E-state index contributed by atoms with van der Waals surface area (Å²) in [6, 6.07) is 0. The summed E-state index contributed by atoms with van der Waals surface area (Å²) in [6.45, 7) is 8.44. The van der Waals surface area contributed by atoms with Gasteiger partial charge in [0, 0.05) is 12.1 Å². The van der Waals surface area contributed by atoms with Crippen LogP contribution in [0.15, 0.2) is 0 Å². The lowest BCUT2D eigenvalue weighted by atomic mass is 9.89. The molecule has 0 aliphatic heterocycles. The number of aliphatic hydroxyl groups excluding tert-OH is 1. The maximum absolute atomic E-state index is 9.47. The minimum atomic E-state index is -0.183. The zero-order chi connectivity index (χ0) is 13.4. The van der Waals surface area contributed by atoms with Crippen LogP contribution < -0.4 is 5.32 Å². The monoisotopic (exact) mass is 257 g/mol. The molecule has 1 aliphatic carbocycles. The fourth-order valence-corrected chi connectivity index (χ4v) is 2.50. The molecule has 0 amide bonds. The lowest BCUT2D eigenvalue weighted by Crippen LogP contribution is -2.47. The second-order valence-corrected chi connectivity index (χ2v) is 6.15. The third kappa shape index (κ3) is 5.68. The quantitative estimate of drug-likeness (QED) is 0.702. The molecule has 1 rings (SSSR count). The average Bonchev–Trinajstić information content (AvgIpc) is 2.39. The highest BCUT2D eigenvalue weighted by molar-refractivity contribution is 4.82. The first kappa shape index (κ1) is 15.9. The van der Waals surface area contributed by atoms with Gasteiger partial charge in [-0.25, -0.2) is 0 Å². The summed E-state index contributed by atoms with van der Waals surface area (Å²) in [5.74, 6) is 0.874. The Labute approximate surface area is 112 Å². The summed E-state index contributed by atoms with van der Waals surface area (Å²) in [4.78, 5) is 0. The van der Waals surface area contributed by atoms with Gasteiger partial charge in [0.2, 0.25) is 0 Å². The van der Waals surface area contributed by atoms with Crippen molar-refractivity contribution in [3.63, 3.8) is 0 Å². The molecule has 18 heavy (non-hydrogen) atoms. The molecule has 1 atom stereocenters. The van der Waals surface area contributed by atoms with Crippen molar-refractivity contribution in [3.8, 4) is 0 Å². The van der Waals surface area contributed by atoms with Gasteiger partial charge in [-0.15, -0.1) is 0 Å². The van der Waals surface area contributed by atoms with Crippen molar-refractivity contribution in [2.75, 3.05) is 19.8 Å². The second kappa shape index (κ2) is 8.13. The molecule has 0 radical (unpaired) electrons. The van der Waals surface area contributed by atoms with Crippen LogP contribution in [0.4, 0.5) is 0 Å². The third-order valence-electron chi connectivity index (χ3n) is 4.12. The van der Waals surface area contributed by atoms with Crippen molar-refractivity contribution in [2.24, 2.45) is 5.92 Å². The van der Waals surface area contributed by atoms with Crippen LogP contribution in [0.1, 0.15) is 59.3 Å². The molecule has 0 bridgehead atoms. The summed E-state index contributed by atoms with van der Waals surface area (Å²) in [7, 11) is 0. The highest BCUT2D eigenvalue weighted by Crippen LogP contribution is 2.25. The van der Waals surface area contributed by atoms with E-state index in [9.17, 15) is 5.11 Å². The fourth-order valence-electron chi connectivity index (χ4n) is 2.50. The van der Waals surface area contributed by atoms with Gasteiger partial charge in [0.25, 0.3) is 0 Å². The zero-order valence-electron chi connectivity index (χ0n) is 12.4. The number of ether oxygens (including phenoxy) is 1. The Morgan fingerprint density at radius 1 is 1.28 bits per heavy atom. The predicted molar refractivity (Wildman–Crippen MR) is 75.8 cm³/mol. The first-order chi connectivity index (χ1) is 8.59. The van der Waals surface area contributed by atoms with Crippen LogP contribution in [0.5, 0.6) is 0 Å². The highest BCUT2D eigenvalue weighted by atomic mass is 16.5. The van der Waals surface area contributed by atoms with Crippen LogP contribution in [0.25, 0.3) is 0 Å². The standard InChI is InChI=1S/C15H31NO2/c1-4-10-16-15(3,12-17)9-11-18-14-7-5-13(2)6-8-14/h13-14,16-17H,4-12H2,1-3H3. The zero-order valence-corrected chi connectivity index (χ0v) is 12.4. The molecule has 0 aromatic carbocycles. The molecule has 1 unspecified atom stereocenters. The lowest BCUT2D eigenvalue weighted by molar-refractivity contribution is 0.00445. The molecule has 2 N–H and O–H groups in total. The van der Waals surface area contributed by atoms with Crippen LogP contribution in [-0.4, -0.2) is 36.5 Å².